The highest BCUT2D eigenvalue weighted by molar-refractivity contribution is 9.10. The maximum Gasteiger partial charge on any atom is 0.169 e. The number of nitrogen functional groups attached to an aromatic ring is 1. The summed E-state index contributed by atoms with van der Waals surface area (Å²) >= 11 is 3.23. The molecule has 4 nitrogen and oxygen atoms in total. The molecule has 0 fully saturated rings. The number of halogens is 1. The average Bonchev–Trinajstić information content (AvgIpc) is 2.62. The summed E-state index contributed by atoms with van der Waals surface area (Å²) in [6, 6.07) is 1.90. The van der Waals surface area contributed by atoms with Gasteiger partial charge in [0, 0.05) is 11.8 Å². The van der Waals surface area contributed by atoms with Crippen LogP contribution in [0.15, 0.2) is 33.8 Å². The molecule has 2 N–H and O–H groups in total. The Labute approximate surface area is 83.5 Å². The first-order chi connectivity index (χ1) is 6.24. The Balaban J connectivity index is 2.14. The second-order valence-electron chi connectivity index (χ2n) is 2.73. The molecule has 0 aliphatic carbocycles. The van der Waals surface area contributed by atoms with Crippen molar-refractivity contribution in [1.29, 1.82) is 0 Å². The highest BCUT2D eigenvalue weighted by Gasteiger charge is 2.00. The zero-order chi connectivity index (χ0) is 9.26. The average molecular weight is 242 g/mol. The molecule has 0 saturated carbocycles. The predicted octanol–water partition coefficient (Wildman–Crippen LogP) is 1.87. The van der Waals surface area contributed by atoms with E-state index >= 15 is 0 Å². The molecule has 0 spiro atoms. The third kappa shape index (κ3) is 1.92. The van der Waals surface area contributed by atoms with Gasteiger partial charge >= 0.3 is 0 Å². The molecular weight excluding hydrogens is 234 g/mol. The van der Waals surface area contributed by atoms with Gasteiger partial charge in [0.1, 0.15) is 0 Å². The number of hydrogen-bond acceptors (Lipinski definition) is 3. The van der Waals surface area contributed by atoms with E-state index in [0.29, 0.717) is 12.2 Å². The van der Waals surface area contributed by atoms with E-state index in [-0.39, 0.29) is 0 Å². The summed E-state index contributed by atoms with van der Waals surface area (Å²) in [5, 5.41) is 4.06. The molecule has 2 aromatic heterocycles. The van der Waals surface area contributed by atoms with Crippen LogP contribution in [0.5, 0.6) is 0 Å². The van der Waals surface area contributed by atoms with Gasteiger partial charge in [-0.2, -0.15) is 5.10 Å². The van der Waals surface area contributed by atoms with Crippen molar-refractivity contribution in [1.82, 2.24) is 9.78 Å². The standard InChI is InChI=1S/C8H8BrN3O/c9-8-1-6(5-13-8)3-12-4-7(10)2-11-12/h1-2,4-5H,3,10H2. The van der Waals surface area contributed by atoms with Crippen LogP contribution in [0.2, 0.25) is 0 Å². The molecule has 68 valence electrons. The fourth-order valence-corrected chi connectivity index (χ4v) is 1.47. The number of hydrogen-bond donors (Lipinski definition) is 1. The molecule has 0 aromatic carbocycles. The van der Waals surface area contributed by atoms with E-state index in [9.17, 15) is 0 Å². The summed E-state index contributed by atoms with van der Waals surface area (Å²) in [5.41, 5.74) is 7.24. The number of rotatable bonds is 2. The summed E-state index contributed by atoms with van der Waals surface area (Å²) < 4.78 is 7.57. The molecule has 0 saturated heterocycles. The van der Waals surface area contributed by atoms with Gasteiger partial charge in [0.15, 0.2) is 4.67 Å². The minimum Gasteiger partial charge on any atom is -0.457 e. The molecule has 0 unspecified atom stereocenters. The normalized spacial score (nSPS) is 10.5. The molecule has 0 aliphatic rings. The Hall–Kier alpha value is -1.23. The van der Waals surface area contributed by atoms with Crippen LogP contribution < -0.4 is 5.73 Å². The lowest BCUT2D eigenvalue weighted by Crippen LogP contribution is -1.98. The number of nitrogens with two attached hydrogens (primary N) is 1. The number of nitrogens with zero attached hydrogens (tertiary/aromatic N) is 2. The summed E-state index contributed by atoms with van der Waals surface area (Å²) in [6.45, 7) is 0.673. The van der Waals surface area contributed by atoms with Crippen LogP contribution in [0.3, 0.4) is 0 Å². The van der Waals surface area contributed by atoms with Gasteiger partial charge in [-0.3, -0.25) is 4.68 Å². The maximum atomic E-state index is 5.52. The van der Waals surface area contributed by atoms with Gasteiger partial charge in [0.25, 0.3) is 0 Å². The Morgan fingerprint density at radius 3 is 3.00 bits per heavy atom. The van der Waals surface area contributed by atoms with Crippen molar-refractivity contribution in [3.8, 4) is 0 Å². The Morgan fingerprint density at radius 2 is 2.46 bits per heavy atom. The highest BCUT2D eigenvalue weighted by Crippen LogP contribution is 2.15. The first-order valence-corrected chi connectivity index (χ1v) is 4.54. The first-order valence-electron chi connectivity index (χ1n) is 3.75. The lowest BCUT2D eigenvalue weighted by atomic mass is 10.3. The second-order valence-corrected chi connectivity index (χ2v) is 3.51. The van der Waals surface area contributed by atoms with Crippen molar-refractivity contribution in [2.45, 2.75) is 6.54 Å². The predicted molar refractivity (Wildman–Crippen MR) is 52.1 cm³/mol. The van der Waals surface area contributed by atoms with Crippen molar-refractivity contribution in [3.05, 3.63) is 35.0 Å². The largest absolute Gasteiger partial charge is 0.457 e. The first kappa shape index (κ1) is 8.37. The molecule has 2 aromatic rings. The van der Waals surface area contributed by atoms with Gasteiger partial charge < -0.3 is 10.2 Å². The van der Waals surface area contributed by atoms with Crippen molar-refractivity contribution < 1.29 is 4.42 Å². The van der Waals surface area contributed by atoms with Crippen LogP contribution in [0.1, 0.15) is 5.56 Å². The zero-order valence-corrected chi connectivity index (χ0v) is 8.36. The van der Waals surface area contributed by atoms with E-state index in [2.05, 4.69) is 21.0 Å². The second kappa shape index (κ2) is 3.26. The van der Waals surface area contributed by atoms with E-state index in [1.807, 2.05) is 6.07 Å². The van der Waals surface area contributed by atoms with Crippen LogP contribution in [0.4, 0.5) is 5.69 Å². The van der Waals surface area contributed by atoms with Crippen molar-refractivity contribution in [2.24, 2.45) is 0 Å². The summed E-state index contributed by atoms with van der Waals surface area (Å²) in [6.07, 6.45) is 5.08. The SMILES string of the molecule is Nc1cnn(Cc2coc(Br)c2)c1. The van der Waals surface area contributed by atoms with E-state index < -0.39 is 0 Å². The van der Waals surface area contributed by atoms with Crippen LogP contribution in [0.25, 0.3) is 0 Å². The van der Waals surface area contributed by atoms with Gasteiger partial charge in [0.2, 0.25) is 0 Å². The number of anilines is 1. The Kier molecular flexibility index (Phi) is 2.10. The fourth-order valence-electron chi connectivity index (χ4n) is 1.08. The maximum absolute atomic E-state index is 5.52. The minimum absolute atomic E-state index is 0.669. The Bertz CT molecular complexity index is 369. The van der Waals surface area contributed by atoms with Crippen LogP contribution in [-0.4, -0.2) is 9.78 Å². The lowest BCUT2D eigenvalue weighted by Gasteiger charge is -1.95. The number of furan rings is 1. The Morgan fingerprint density at radius 1 is 1.62 bits per heavy atom. The van der Waals surface area contributed by atoms with Crippen LogP contribution >= 0.6 is 15.9 Å². The van der Waals surface area contributed by atoms with Crippen LogP contribution in [-0.2, 0) is 6.54 Å². The van der Waals surface area contributed by atoms with Gasteiger partial charge in [-0.1, -0.05) is 0 Å². The molecule has 0 aliphatic heterocycles. The quantitative estimate of drug-likeness (QED) is 0.874. The van der Waals surface area contributed by atoms with Gasteiger partial charge in [-0.25, -0.2) is 0 Å². The molecular formula is C8H8BrN3O. The van der Waals surface area contributed by atoms with E-state index in [4.69, 9.17) is 10.2 Å². The summed E-state index contributed by atoms with van der Waals surface area (Å²) in [7, 11) is 0. The molecule has 0 atom stereocenters. The molecule has 0 radical (unpaired) electrons. The van der Waals surface area contributed by atoms with E-state index in [1.54, 1.807) is 23.3 Å². The van der Waals surface area contributed by atoms with E-state index in [0.717, 1.165) is 10.2 Å². The molecule has 0 amide bonds. The highest BCUT2D eigenvalue weighted by atomic mass is 79.9. The van der Waals surface area contributed by atoms with Gasteiger partial charge in [-0.05, 0) is 22.0 Å². The molecule has 2 rings (SSSR count). The van der Waals surface area contributed by atoms with Crippen molar-refractivity contribution in [3.63, 3.8) is 0 Å². The molecule has 13 heavy (non-hydrogen) atoms. The summed E-state index contributed by atoms with van der Waals surface area (Å²) in [4.78, 5) is 0. The van der Waals surface area contributed by atoms with Crippen molar-refractivity contribution >= 4 is 21.6 Å². The third-order valence-electron chi connectivity index (χ3n) is 1.62. The third-order valence-corrected chi connectivity index (χ3v) is 2.04. The molecule has 2 heterocycles. The lowest BCUT2D eigenvalue weighted by molar-refractivity contribution is 0.535. The topological polar surface area (TPSA) is 57.0 Å². The van der Waals surface area contributed by atoms with Crippen LogP contribution in [0, 0.1) is 0 Å². The molecule has 0 bridgehead atoms. The van der Waals surface area contributed by atoms with Crippen molar-refractivity contribution in [2.75, 3.05) is 5.73 Å². The zero-order valence-electron chi connectivity index (χ0n) is 6.77. The smallest absolute Gasteiger partial charge is 0.169 e. The fraction of sp³-hybridized carbons (Fsp3) is 0.125. The monoisotopic (exact) mass is 241 g/mol. The minimum atomic E-state index is 0.669. The molecule has 5 heteroatoms. The van der Waals surface area contributed by atoms with Gasteiger partial charge in [0.05, 0.1) is 24.7 Å². The van der Waals surface area contributed by atoms with E-state index in [1.165, 1.54) is 0 Å². The van der Waals surface area contributed by atoms with Gasteiger partial charge in [-0.15, -0.1) is 0 Å². The summed E-state index contributed by atoms with van der Waals surface area (Å²) in [5.74, 6) is 0. The number of aromatic nitrogens is 2.